The van der Waals surface area contributed by atoms with E-state index in [1.165, 1.54) is 5.56 Å². The standard InChI is InChI=1S/C21H28N2O2/c1-16(14-24-3)25-15-19-22-20(17-10-6-4-7-11-17)21(2,23-19)18-12-8-5-9-13-18/h4-12,16,18,20H,13-15H2,1-3H3,(H,22,23)/t16?,18?,20-,21+/m1/s1. The van der Waals surface area contributed by atoms with Crippen LogP contribution in [0.4, 0.5) is 0 Å². The first-order valence-electron chi connectivity index (χ1n) is 8.97. The molecule has 0 fully saturated rings. The summed E-state index contributed by atoms with van der Waals surface area (Å²) in [4.78, 5) is 5.00. The molecule has 0 radical (unpaired) electrons. The van der Waals surface area contributed by atoms with Crippen molar-refractivity contribution < 1.29 is 9.47 Å². The second-order valence-electron chi connectivity index (χ2n) is 7.03. The first kappa shape index (κ1) is 17.9. The topological polar surface area (TPSA) is 42.9 Å². The Hall–Kier alpha value is -1.91. The van der Waals surface area contributed by atoms with Crippen LogP contribution in [0.5, 0.6) is 0 Å². The third-order valence-corrected chi connectivity index (χ3v) is 5.04. The second-order valence-corrected chi connectivity index (χ2v) is 7.03. The van der Waals surface area contributed by atoms with Gasteiger partial charge in [-0.2, -0.15) is 0 Å². The molecule has 2 unspecified atom stereocenters. The first-order valence-corrected chi connectivity index (χ1v) is 8.97. The summed E-state index contributed by atoms with van der Waals surface area (Å²) in [7, 11) is 1.69. The fraction of sp³-hybridized carbons (Fsp3) is 0.476. The van der Waals surface area contributed by atoms with Crippen molar-refractivity contribution in [3.05, 3.63) is 60.2 Å². The molecule has 4 atom stereocenters. The number of methoxy groups -OCH3 is 1. The molecule has 0 aromatic heterocycles. The van der Waals surface area contributed by atoms with Crippen molar-refractivity contribution in [3.63, 3.8) is 0 Å². The van der Waals surface area contributed by atoms with E-state index in [0.717, 1.165) is 12.3 Å². The van der Waals surface area contributed by atoms with Crippen LogP contribution in [0.3, 0.4) is 0 Å². The van der Waals surface area contributed by atoms with Crippen molar-refractivity contribution in [1.29, 1.82) is 0 Å². The minimum absolute atomic E-state index is 0.0500. The summed E-state index contributed by atoms with van der Waals surface area (Å²) in [5, 5.41) is 3.68. The summed E-state index contributed by atoms with van der Waals surface area (Å²) in [6.07, 6.45) is 9.84. The van der Waals surface area contributed by atoms with E-state index >= 15 is 0 Å². The zero-order valence-electron chi connectivity index (χ0n) is 15.3. The first-order chi connectivity index (χ1) is 12.1. The number of aliphatic imine (C=N–C) groups is 1. The van der Waals surface area contributed by atoms with Crippen LogP contribution in [0.2, 0.25) is 0 Å². The van der Waals surface area contributed by atoms with Gasteiger partial charge in [0, 0.05) is 13.0 Å². The quantitative estimate of drug-likeness (QED) is 0.823. The number of hydrogen-bond acceptors (Lipinski definition) is 4. The van der Waals surface area contributed by atoms with E-state index in [1.807, 2.05) is 13.0 Å². The molecule has 1 aromatic carbocycles. The molecule has 0 bridgehead atoms. The highest BCUT2D eigenvalue weighted by Gasteiger charge is 2.45. The molecular weight excluding hydrogens is 312 g/mol. The summed E-state index contributed by atoms with van der Waals surface area (Å²) < 4.78 is 11.0. The van der Waals surface area contributed by atoms with Crippen LogP contribution < -0.4 is 5.32 Å². The lowest BCUT2D eigenvalue weighted by Gasteiger charge is -2.38. The number of rotatable bonds is 7. The lowest BCUT2D eigenvalue weighted by atomic mass is 9.75. The van der Waals surface area contributed by atoms with Crippen LogP contribution in [0, 0.1) is 5.92 Å². The molecule has 3 rings (SSSR count). The molecular formula is C21H28N2O2. The molecule has 1 aliphatic heterocycles. The molecule has 1 aliphatic carbocycles. The van der Waals surface area contributed by atoms with E-state index < -0.39 is 0 Å². The Morgan fingerprint density at radius 1 is 1.28 bits per heavy atom. The molecule has 1 aromatic rings. The highest BCUT2D eigenvalue weighted by atomic mass is 16.5. The van der Waals surface area contributed by atoms with Crippen molar-refractivity contribution in [3.8, 4) is 0 Å². The van der Waals surface area contributed by atoms with Gasteiger partial charge in [-0.1, -0.05) is 54.6 Å². The molecule has 1 N–H and O–H groups in total. The van der Waals surface area contributed by atoms with Gasteiger partial charge in [-0.05, 0) is 25.8 Å². The Kier molecular flexibility index (Phi) is 5.71. The Morgan fingerprint density at radius 2 is 2.08 bits per heavy atom. The largest absolute Gasteiger partial charge is 0.382 e. The van der Waals surface area contributed by atoms with Gasteiger partial charge in [0.05, 0.1) is 18.2 Å². The van der Waals surface area contributed by atoms with E-state index in [1.54, 1.807) is 7.11 Å². The Bertz CT molecular complexity index is 653. The monoisotopic (exact) mass is 340 g/mol. The van der Waals surface area contributed by atoms with E-state index in [9.17, 15) is 0 Å². The number of hydrogen-bond donors (Lipinski definition) is 1. The van der Waals surface area contributed by atoms with Gasteiger partial charge in [-0.3, -0.25) is 4.99 Å². The molecule has 4 heteroatoms. The van der Waals surface area contributed by atoms with Gasteiger partial charge in [-0.25, -0.2) is 0 Å². The van der Waals surface area contributed by atoms with Gasteiger partial charge in [0.1, 0.15) is 18.5 Å². The van der Waals surface area contributed by atoms with Crippen LogP contribution in [0.25, 0.3) is 0 Å². The Labute approximate surface area is 150 Å². The van der Waals surface area contributed by atoms with Crippen LogP contribution in [-0.4, -0.2) is 37.8 Å². The smallest absolute Gasteiger partial charge is 0.124 e. The normalized spacial score (nSPS) is 29.3. The van der Waals surface area contributed by atoms with Gasteiger partial charge in [0.25, 0.3) is 0 Å². The zero-order valence-corrected chi connectivity index (χ0v) is 15.3. The van der Waals surface area contributed by atoms with Gasteiger partial charge in [-0.15, -0.1) is 0 Å². The van der Waals surface area contributed by atoms with Gasteiger partial charge in [0.2, 0.25) is 0 Å². The third-order valence-electron chi connectivity index (χ3n) is 5.04. The summed E-state index contributed by atoms with van der Waals surface area (Å²) in [6.45, 7) is 5.36. The predicted molar refractivity (Wildman–Crippen MR) is 102 cm³/mol. The van der Waals surface area contributed by atoms with Crippen molar-refractivity contribution in [2.75, 3.05) is 20.3 Å². The maximum Gasteiger partial charge on any atom is 0.124 e. The lowest BCUT2D eigenvalue weighted by Crippen LogP contribution is -2.51. The van der Waals surface area contributed by atoms with Crippen molar-refractivity contribution in [1.82, 2.24) is 5.32 Å². The van der Waals surface area contributed by atoms with E-state index in [-0.39, 0.29) is 17.7 Å². The number of amidine groups is 1. The molecule has 0 amide bonds. The molecule has 0 saturated carbocycles. The molecule has 0 saturated heterocycles. The molecule has 25 heavy (non-hydrogen) atoms. The molecule has 1 heterocycles. The van der Waals surface area contributed by atoms with Crippen LogP contribution in [0.1, 0.15) is 31.9 Å². The minimum atomic E-state index is -0.161. The number of nitrogens with one attached hydrogen (secondary N) is 1. The maximum atomic E-state index is 5.88. The maximum absolute atomic E-state index is 5.88. The van der Waals surface area contributed by atoms with Crippen LogP contribution in [-0.2, 0) is 9.47 Å². The minimum Gasteiger partial charge on any atom is -0.382 e. The molecule has 134 valence electrons. The average Bonchev–Trinajstić information content (AvgIpc) is 3.00. The zero-order chi connectivity index (χ0) is 17.7. The summed E-state index contributed by atoms with van der Waals surface area (Å²) in [6, 6.07) is 10.6. The summed E-state index contributed by atoms with van der Waals surface area (Å²) in [5.41, 5.74) is 1.08. The number of allylic oxidation sites excluding steroid dienone is 3. The van der Waals surface area contributed by atoms with Crippen LogP contribution in [0.15, 0.2) is 59.6 Å². The highest BCUT2D eigenvalue weighted by molar-refractivity contribution is 5.86. The van der Waals surface area contributed by atoms with Gasteiger partial charge < -0.3 is 14.8 Å². The van der Waals surface area contributed by atoms with E-state index in [4.69, 9.17) is 14.5 Å². The second kappa shape index (κ2) is 7.98. The fourth-order valence-corrected chi connectivity index (χ4v) is 3.66. The van der Waals surface area contributed by atoms with Crippen molar-refractivity contribution >= 4 is 5.84 Å². The SMILES string of the molecule is COCC(C)OCC1=N[C@H](c2ccccc2)[C@](C)(C2C=CC=CC2)N1. The fourth-order valence-electron chi connectivity index (χ4n) is 3.66. The van der Waals surface area contributed by atoms with Gasteiger partial charge in [0.15, 0.2) is 0 Å². The number of benzene rings is 1. The van der Waals surface area contributed by atoms with Crippen LogP contribution >= 0.6 is 0 Å². The summed E-state index contributed by atoms with van der Waals surface area (Å²) >= 11 is 0. The summed E-state index contributed by atoms with van der Waals surface area (Å²) in [5.74, 6) is 1.31. The Balaban J connectivity index is 1.80. The van der Waals surface area contributed by atoms with Gasteiger partial charge >= 0.3 is 0 Å². The third kappa shape index (κ3) is 4.02. The van der Waals surface area contributed by atoms with E-state index in [2.05, 4.69) is 60.8 Å². The number of ether oxygens (including phenoxy) is 2. The highest BCUT2D eigenvalue weighted by Crippen LogP contribution is 2.41. The average molecular weight is 340 g/mol. The van der Waals surface area contributed by atoms with Crippen molar-refractivity contribution in [2.24, 2.45) is 10.9 Å². The predicted octanol–water partition coefficient (Wildman–Crippen LogP) is 3.67. The van der Waals surface area contributed by atoms with E-state index in [0.29, 0.717) is 19.1 Å². The molecule has 4 nitrogen and oxygen atoms in total. The number of nitrogens with zero attached hydrogens (tertiary/aromatic N) is 1. The Morgan fingerprint density at radius 3 is 2.76 bits per heavy atom. The molecule has 0 spiro atoms. The molecule has 2 aliphatic rings. The lowest BCUT2D eigenvalue weighted by molar-refractivity contribution is 0.0265. The van der Waals surface area contributed by atoms with Crippen molar-refractivity contribution in [2.45, 2.75) is 38.0 Å².